The Bertz CT molecular complexity index is 840. The van der Waals surface area contributed by atoms with E-state index in [4.69, 9.17) is 14.2 Å². The van der Waals surface area contributed by atoms with Crippen LogP contribution in [-0.2, 0) is 25.5 Å². The third-order valence-corrected chi connectivity index (χ3v) is 3.83. The maximum atomic E-state index is 13.9. The van der Waals surface area contributed by atoms with Gasteiger partial charge in [0.2, 0.25) is 0 Å². The Morgan fingerprint density at radius 3 is 2.39 bits per heavy atom. The van der Waals surface area contributed by atoms with Crippen LogP contribution in [0.3, 0.4) is 0 Å². The molecule has 1 atom stereocenters. The van der Waals surface area contributed by atoms with Crippen molar-refractivity contribution in [2.45, 2.75) is 12.5 Å². The van der Waals surface area contributed by atoms with E-state index in [9.17, 15) is 18.8 Å². The average molecular weight is 389 g/mol. The van der Waals surface area contributed by atoms with Crippen LogP contribution < -0.4 is 10.1 Å². The standard InChI is InChI=1S/C20H20FNO6/c1-26-14-8-9-15(16(21)11-14)19(24)28-12-18(23)22-17(20(25)27-2)10-13-6-4-3-5-7-13/h3-9,11,17H,10,12H2,1-2H3,(H,22,23)/t17-/m1/s1. The number of benzene rings is 2. The Balaban J connectivity index is 1.95. The summed E-state index contributed by atoms with van der Waals surface area (Å²) in [5, 5.41) is 2.45. The topological polar surface area (TPSA) is 90.9 Å². The first-order chi connectivity index (χ1) is 13.4. The smallest absolute Gasteiger partial charge is 0.341 e. The summed E-state index contributed by atoms with van der Waals surface area (Å²) in [5.41, 5.74) is 0.484. The lowest BCUT2D eigenvalue weighted by Crippen LogP contribution is -2.44. The molecule has 0 bridgehead atoms. The van der Waals surface area contributed by atoms with Crippen LogP contribution in [0.15, 0.2) is 48.5 Å². The lowest BCUT2D eigenvalue weighted by molar-refractivity contribution is -0.145. The maximum Gasteiger partial charge on any atom is 0.341 e. The van der Waals surface area contributed by atoms with Gasteiger partial charge in [0.25, 0.3) is 5.91 Å². The summed E-state index contributed by atoms with van der Waals surface area (Å²) in [4.78, 5) is 35.9. The first kappa shape index (κ1) is 20.9. The van der Waals surface area contributed by atoms with Gasteiger partial charge in [-0.1, -0.05) is 30.3 Å². The molecule has 8 heteroatoms. The molecule has 28 heavy (non-hydrogen) atoms. The summed E-state index contributed by atoms with van der Waals surface area (Å²) < 4.78 is 28.2. The van der Waals surface area contributed by atoms with Crippen LogP contribution in [0.1, 0.15) is 15.9 Å². The fraction of sp³-hybridized carbons (Fsp3) is 0.250. The zero-order chi connectivity index (χ0) is 20.5. The monoisotopic (exact) mass is 389 g/mol. The van der Waals surface area contributed by atoms with E-state index in [1.807, 2.05) is 6.07 Å². The van der Waals surface area contributed by atoms with E-state index in [0.29, 0.717) is 0 Å². The maximum absolute atomic E-state index is 13.9. The number of carbonyl (C=O) groups excluding carboxylic acids is 3. The molecule has 0 heterocycles. The summed E-state index contributed by atoms with van der Waals surface area (Å²) >= 11 is 0. The predicted octanol–water partition coefficient (Wildman–Crippen LogP) is 1.89. The second kappa shape index (κ2) is 10.1. The summed E-state index contributed by atoms with van der Waals surface area (Å²) in [5.74, 6) is -2.94. The number of methoxy groups -OCH3 is 2. The summed E-state index contributed by atoms with van der Waals surface area (Å²) in [6.45, 7) is -0.674. The minimum absolute atomic E-state index is 0.209. The van der Waals surface area contributed by atoms with E-state index in [1.54, 1.807) is 24.3 Å². The highest BCUT2D eigenvalue weighted by atomic mass is 19.1. The second-order valence-corrected chi connectivity index (χ2v) is 5.75. The number of hydrogen-bond donors (Lipinski definition) is 1. The number of nitrogens with one attached hydrogen (secondary N) is 1. The molecule has 1 N–H and O–H groups in total. The largest absolute Gasteiger partial charge is 0.497 e. The van der Waals surface area contributed by atoms with E-state index in [1.165, 1.54) is 26.4 Å². The lowest BCUT2D eigenvalue weighted by atomic mass is 10.1. The zero-order valence-corrected chi connectivity index (χ0v) is 15.4. The molecule has 0 unspecified atom stereocenters. The Morgan fingerprint density at radius 2 is 1.79 bits per heavy atom. The van der Waals surface area contributed by atoms with E-state index >= 15 is 0 Å². The van der Waals surface area contributed by atoms with Crippen molar-refractivity contribution in [3.8, 4) is 5.75 Å². The zero-order valence-electron chi connectivity index (χ0n) is 15.4. The molecule has 0 aliphatic rings. The molecule has 0 spiro atoms. The van der Waals surface area contributed by atoms with Gasteiger partial charge in [0.1, 0.15) is 17.6 Å². The van der Waals surface area contributed by atoms with E-state index in [2.05, 4.69) is 5.32 Å². The van der Waals surface area contributed by atoms with Gasteiger partial charge in [0.15, 0.2) is 6.61 Å². The number of hydrogen-bond acceptors (Lipinski definition) is 6. The van der Waals surface area contributed by atoms with Crippen LogP contribution >= 0.6 is 0 Å². The van der Waals surface area contributed by atoms with Gasteiger partial charge >= 0.3 is 11.9 Å². The molecule has 0 radical (unpaired) electrons. The van der Waals surface area contributed by atoms with Crippen LogP contribution in [-0.4, -0.2) is 44.7 Å². The van der Waals surface area contributed by atoms with E-state index in [0.717, 1.165) is 11.6 Å². The molecule has 148 valence electrons. The van der Waals surface area contributed by atoms with E-state index in [-0.39, 0.29) is 17.7 Å². The van der Waals surface area contributed by atoms with Crippen molar-refractivity contribution in [1.29, 1.82) is 0 Å². The Morgan fingerprint density at radius 1 is 1.07 bits per heavy atom. The molecule has 2 aromatic rings. The van der Waals surface area contributed by atoms with Gasteiger partial charge in [-0.25, -0.2) is 14.0 Å². The molecule has 0 aliphatic carbocycles. The Kier molecular flexibility index (Phi) is 7.50. The number of halogens is 1. The second-order valence-electron chi connectivity index (χ2n) is 5.75. The third-order valence-electron chi connectivity index (χ3n) is 3.83. The number of rotatable bonds is 8. The van der Waals surface area contributed by atoms with Gasteiger partial charge in [-0.3, -0.25) is 4.79 Å². The first-order valence-corrected chi connectivity index (χ1v) is 8.36. The highest BCUT2D eigenvalue weighted by Crippen LogP contribution is 2.17. The highest BCUT2D eigenvalue weighted by Gasteiger charge is 2.23. The van der Waals surface area contributed by atoms with Gasteiger partial charge in [-0.15, -0.1) is 0 Å². The average Bonchev–Trinajstić information content (AvgIpc) is 2.71. The van der Waals surface area contributed by atoms with E-state index < -0.39 is 36.3 Å². The fourth-order valence-corrected chi connectivity index (χ4v) is 2.42. The quantitative estimate of drug-likeness (QED) is 0.694. The van der Waals surface area contributed by atoms with Gasteiger partial charge in [-0.05, 0) is 17.7 Å². The number of esters is 2. The number of ether oxygens (including phenoxy) is 3. The molecule has 2 rings (SSSR count). The van der Waals surface area contributed by atoms with Crippen molar-refractivity contribution < 1.29 is 33.0 Å². The molecular formula is C20H20FNO6. The molecule has 0 aromatic heterocycles. The molecule has 2 aromatic carbocycles. The molecule has 0 aliphatic heterocycles. The summed E-state index contributed by atoms with van der Waals surface area (Å²) in [6.07, 6.45) is 0.209. The van der Waals surface area contributed by atoms with Crippen LogP contribution in [0.25, 0.3) is 0 Å². The number of amides is 1. The van der Waals surface area contributed by atoms with Crippen LogP contribution in [0.4, 0.5) is 4.39 Å². The van der Waals surface area contributed by atoms with Crippen LogP contribution in [0.2, 0.25) is 0 Å². The minimum atomic E-state index is -1.01. The Labute approximate surface area is 161 Å². The van der Waals surface area contributed by atoms with Crippen molar-refractivity contribution in [2.24, 2.45) is 0 Å². The van der Waals surface area contributed by atoms with Gasteiger partial charge in [0, 0.05) is 12.5 Å². The van der Waals surface area contributed by atoms with Crippen molar-refractivity contribution in [3.63, 3.8) is 0 Å². The number of carbonyl (C=O) groups is 3. The first-order valence-electron chi connectivity index (χ1n) is 8.36. The summed E-state index contributed by atoms with van der Waals surface area (Å²) in [7, 11) is 2.57. The van der Waals surface area contributed by atoms with Crippen molar-refractivity contribution in [3.05, 3.63) is 65.5 Å². The molecule has 0 saturated heterocycles. The van der Waals surface area contributed by atoms with Crippen LogP contribution in [0.5, 0.6) is 5.75 Å². The van der Waals surface area contributed by atoms with Gasteiger partial charge in [0.05, 0.1) is 19.8 Å². The lowest BCUT2D eigenvalue weighted by Gasteiger charge is -2.16. The Hall–Kier alpha value is -3.42. The molecule has 0 fully saturated rings. The molecule has 0 saturated carbocycles. The SMILES string of the molecule is COC(=O)[C@@H](Cc1ccccc1)NC(=O)COC(=O)c1ccc(OC)cc1F. The molecular weight excluding hydrogens is 369 g/mol. The van der Waals surface area contributed by atoms with Crippen molar-refractivity contribution in [2.75, 3.05) is 20.8 Å². The van der Waals surface area contributed by atoms with Gasteiger partial charge in [-0.2, -0.15) is 0 Å². The molecule has 1 amide bonds. The van der Waals surface area contributed by atoms with Crippen molar-refractivity contribution >= 4 is 17.8 Å². The summed E-state index contributed by atoms with van der Waals surface area (Å²) in [6, 6.07) is 11.7. The highest BCUT2D eigenvalue weighted by molar-refractivity contribution is 5.92. The fourth-order valence-electron chi connectivity index (χ4n) is 2.42. The van der Waals surface area contributed by atoms with Crippen molar-refractivity contribution in [1.82, 2.24) is 5.32 Å². The molecule has 7 nitrogen and oxygen atoms in total. The third kappa shape index (κ3) is 5.80. The normalized spacial score (nSPS) is 11.2. The van der Waals surface area contributed by atoms with Gasteiger partial charge < -0.3 is 19.5 Å². The van der Waals surface area contributed by atoms with Crippen LogP contribution in [0, 0.1) is 5.82 Å². The minimum Gasteiger partial charge on any atom is -0.497 e. The predicted molar refractivity (Wildman–Crippen MR) is 97.3 cm³/mol.